The number of nitrogen functional groups attached to an aromatic ring is 1. The Morgan fingerprint density at radius 2 is 1.96 bits per heavy atom. The fourth-order valence-electron chi connectivity index (χ4n) is 2.50. The molecule has 0 aliphatic carbocycles. The molecule has 0 unspecified atom stereocenters. The fraction of sp³-hybridized carbons (Fsp3) is 0.250. The van der Waals surface area contributed by atoms with Crippen LogP contribution in [0.15, 0.2) is 30.3 Å². The molecule has 7 nitrogen and oxygen atoms in total. The standard InChI is InChI=1S/C16H16N4O3S/c17-15-14(24-16(18-15)19-9-1-2-10-19)13(21)8-5-11-3-6-12(7-4-11)20(22)23/h3-8H,1-2,9-10,17H2/b8-5+. The van der Waals surface area contributed by atoms with Crippen molar-refractivity contribution in [3.8, 4) is 0 Å². The highest BCUT2D eigenvalue weighted by molar-refractivity contribution is 7.18. The van der Waals surface area contributed by atoms with Crippen LogP contribution in [-0.4, -0.2) is 28.8 Å². The number of rotatable bonds is 5. The van der Waals surface area contributed by atoms with Gasteiger partial charge in [-0.05, 0) is 36.6 Å². The molecule has 2 aromatic rings. The van der Waals surface area contributed by atoms with E-state index in [2.05, 4.69) is 9.88 Å². The van der Waals surface area contributed by atoms with Gasteiger partial charge >= 0.3 is 0 Å². The lowest BCUT2D eigenvalue weighted by atomic mass is 10.1. The predicted octanol–water partition coefficient (Wildman–Crippen LogP) is 3.13. The molecule has 0 radical (unpaired) electrons. The van der Waals surface area contributed by atoms with Gasteiger partial charge in [-0.15, -0.1) is 0 Å². The van der Waals surface area contributed by atoms with E-state index in [-0.39, 0.29) is 17.3 Å². The Bertz CT molecular complexity index is 792. The van der Waals surface area contributed by atoms with Crippen LogP contribution in [0.4, 0.5) is 16.6 Å². The molecule has 124 valence electrons. The number of carbonyl (C=O) groups is 1. The molecule has 0 bridgehead atoms. The van der Waals surface area contributed by atoms with Gasteiger partial charge in [0.25, 0.3) is 5.69 Å². The number of nitro benzene ring substituents is 1. The summed E-state index contributed by atoms with van der Waals surface area (Å²) in [6, 6.07) is 5.98. The molecule has 2 N–H and O–H groups in total. The Kier molecular flexibility index (Phi) is 4.57. The number of non-ortho nitro benzene ring substituents is 1. The first-order valence-electron chi connectivity index (χ1n) is 7.53. The number of thiazole rings is 1. The van der Waals surface area contributed by atoms with Gasteiger partial charge in [0.15, 0.2) is 10.9 Å². The van der Waals surface area contributed by atoms with E-state index >= 15 is 0 Å². The third-order valence-corrected chi connectivity index (χ3v) is 4.92. The van der Waals surface area contributed by atoms with Crippen molar-refractivity contribution in [2.75, 3.05) is 23.7 Å². The first-order chi connectivity index (χ1) is 11.5. The SMILES string of the molecule is Nc1nc(N2CCCC2)sc1C(=O)/C=C/c1ccc([N+](=O)[O-])cc1. The van der Waals surface area contributed by atoms with E-state index in [9.17, 15) is 14.9 Å². The van der Waals surface area contributed by atoms with E-state index in [1.807, 2.05) is 0 Å². The number of hydrogen-bond donors (Lipinski definition) is 1. The van der Waals surface area contributed by atoms with Crippen molar-refractivity contribution in [2.45, 2.75) is 12.8 Å². The Labute approximate surface area is 142 Å². The van der Waals surface area contributed by atoms with E-state index in [1.54, 1.807) is 18.2 Å². The molecule has 3 rings (SSSR count). The number of carbonyl (C=O) groups excluding carboxylic acids is 1. The fourth-order valence-corrected chi connectivity index (χ4v) is 3.45. The van der Waals surface area contributed by atoms with E-state index in [4.69, 9.17) is 5.73 Å². The number of hydrogen-bond acceptors (Lipinski definition) is 7. The number of allylic oxidation sites excluding steroid dienone is 1. The van der Waals surface area contributed by atoms with Crippen molar-refractivity contribution in [1.82, 2.24) is 4.98 Å². The summed E-state index contributed by atoms with van der Waals surface area (Å²) in [5, 5.41) is 11.4. The molecule has 0 atom stereocenters. The number of nitrogens with zero attached hydrogens (tertiary/aromatic N) is 3. The van der Waals surface area contributed by atoms with Crippen molar-refractivity contribution in [3.05, 3.63) is 50.9 Å². The molecular formula is C16H16N4O3S. The molecule has 1 aliphatic rings. The maximum Gasteiger partial charge on any atom is 0.269 e. The molecule has 2 heterocycles. The van der Waals surface area contributed by atoms with Crippen LogP contribution in [0.1, 0.15) is 28.1 Å². The zero-order valence-corrected chi connectivity index (χ0v) is 13.7. The summed E-state index contributed by atoms with van der Waals surface area (Å²) in [5.74, 6) is 0.0362. The molecule has 0 amide bonds. The number of nitro groups is 1. The topological polar surface area (TPSA) is 102 Å². The van der Waals surface area contributed by atoms with Crippen LogP contribution in [-0.2, 0) is 0 Å². The van der Waals surface area contributed by atoms with Crippen LogP contribution in [0.25, 0.3) is 6.08 Å². The van der Waals surface area contributed by atoms with Crippen molar-refractivity contribution in [3.63, 3.8) is 0 Å². The van der Waals surface area contributed by atoms with Gasteiger partial charge in [0, 0.05) is 25.2 Å². The second-order valence-electron chi connectivity index (χ2n) is 5.45. The molecule has 1 aromatic carbocycles. The van der Waals surface area contributed by atoms with Crippen LogP contribution in [0.5, 0.6) is 0 Å². The van der Waals surface area contributed by atoms with Gasteiger partial charge in [0.1, 0.15) is 10.7 Å². The molecule has 0 saturated carbocycles. The summed E-state index contributed by atoms with van der Waals surface area (Å²) in [7, 11) is 0. The normalized spacial score (nSPS) is 14.4. The third kappa shape index (κ3) is 3.43. The van der Waals surface area contributed by atoms with Gasteiger partial charge < -0.3 is 10.6 Å². The average molecular weight is 344 g/mol. The highest BCUT2D eigenvalue weighted by atomic mass is 32.1. The van der Waals surface area contributed by atoms with Gasteiger partial charge in [0.05, 0.1) is 4.92 Å². The van der Waals surface area contributed by atoms with Gasteiger partial charge in [-0.25, -0.2) is 4.98 Å². The first-order valence-corrected chi connectivity index (χ1v) is 8.34. The molecule has 1 saturated heterocycles. The van der Waals surface area contributed by atoms with Gasteiger partial charge in [0.2, 0.25) is 0 Å². The van der Waals surface area contributed by atoms with E-state index in [0.717, 1.165) is 31.1 Å². The zero-order valence-electron chi connectivity index (χ0n) is 12.8. The first kappa shape index (κ1) is 16.1. The van der Waals surface area contributed by atoms with Crippen LogP contribution in [0.3, 0.4) is 0 Å². The van der Waals surface area contributed by atoms with Crippen molar-refractivity contribution in [2.24, 2.45) is 0 Å². The molecule has 0 spiro atoms. The molecule has 1 fully saturated rings. The van der Waals surface area contributed by atoms with Gasteiger partial charge in [-0.3, -0.25) is 14.9 Å². The summed E-state index contributed by atoms with van der Waals surface area (Å²) < 4.78 is 0. The van der Waals surface area contributed by atoms with E-state index in [1.165, 1.54) is 29.5 Å². The van der Waals surface area contributed by atoms with Crippen LogP contribution in [0.2, 0.25) is 0 Å². The monoisotopic (exact) mass is 344 g/mol. The van der Waals surface area contributed by atoms with Crippen molar-refractivity contribution < 1.29 is 9.72 Å². The second kappa shape index (κ2) is 6.79. The summed E-state index contributed by atoms with van der Waals surface area (Å²) in [6.45, 7) is 1.89. The van der Waals surface area contributed by atoms with Crippen molar-refractivity contribution >= 4 is 39.8 Å². The summed E-state index contributed by atoms with van der Waals surface area (Å²) in [5.41, 5.74) is 6.59. The summed E-state index contributed by atoms with van der Waals surface area (Å²) in [4.78, 5) is 29.3. The number of ketones is 1. The molecule has 24 heavy (non-hydrogen) atoms. The third-order valence-electron chi connectivity index (χ3n) is 3.77. The van der Waals surface area contributed by atoms with Crippen LogP contribution in [0, 0.1) is 10.1 Å². The predicted molar refractivity (Wildman–Crippen MR) is 94.4 cm³/mol. The highest BCUT2D eigenvalue weighted by Crippen LogP contribution is 2.31. The van der Waals surface area contributed by atoms with Crippen molar-refractivity contribution in [1.29, 1.82) is 0 Å². The quantitative estimate of drug-likeness (QED) is 0.387. The Hall–Kier alpha value is -2.74. The minimum Gasteiger partial charge on any atom is -0.382 e. The Morgan fingerprint density at radius 1 is 1.29 bits per heavy atom. The molecule has 8 heteroatoms. The van der Waals surface area contributed by atoms with E-state index < -0.39 is 4.92 Å². The smallest absolute Gasteiger partial charge is 0.269 e. The molecular weight excluding hydrogens is 328 g/mol. The molecule has 1 aliphatic heterocycles. The highest BCUT2D eigenvalue weighted by Gasteiger charge is 2.20. The van der Waals surface area contributed by atoms with Crippen LogP contribution >= 0.6 is 11.3 Å². The maximum absolute atomic E-state index is 12.3. The lowest BCUT2D eigenvalue weighted by Gasteiger charge is -2.11. The number of nitrogens with two attached hydrogens (primary N) is 1. The van der Waals surface area contributed by atoms with Crippen LogP contribution < -0.4 is 10.6 Å². The Balaban J connectivity index is 1.73. The average Bonchev–Trinajstić information content (AvgIpc) is 3.22. The maximum atomic E-state index is 12.3. The Morgan fingerprint density at radius 3 is 2.58 bits per heavy atom. The summed E-state index contributed by atoms with van der Waals surface area (Å²) >= 11 is 1.31. The van der Waals surface area contributed by atoms with Gasteiger partial charge in [-0.2, -0.15) is 0 Å². The molecule has 1 aromatic heterocycles. The lowest BCUT2D eigenvalue weighted by molar-refractivity contribution is -0.384. The van der Waals surface area contributed by atoms with Gasteiger partial charge in [-0.1, -0.05) is 17.4 Å². The lowest BCUT2D eigenvalue weighted by Crippen LogP contribution is -2.17. The minimum atomic E-state index is -0.462. The second-order valence-corrected chi connectivity index (χ2v) is 6.43. The largest absolute Gasteiger partial charge is 0.382 e. The summed E-state index contributed by atoms with van der Waals surface area (Å²) in [6.07, 6.45) is 5.28. The minimum absolute atomic E-state index is 0.0143. The zero-order chi connectivity index (χ0) is 17.1. The number of benzene rings is 1. The number of anilines is 2. The number of aromatic nitrogens is 1. The van der Waals surface area contributed by atoms with E-state index in [0.29, 0.717) is 10.4 Å².